The smallest absolute Gasteiger partial charge is 0.348 e. The molecule has 2 aromatic heterocycles. The van der Waals surface area contributed by atoms with E-state index in [1.807, 2.05) is 11.8 Å². The van der Waals surface area contributed by atoms with E-state index in [0.717, 1.165) is 29.3 Å². The van der Waals surface area contributed by atoms with Crippen molar-refractivity contribution in [1.29, 1.82) is 0 Å². The number of H-pyrrole nitrogens is 1. The number of rotatable bonds is 4. The maximum Gasteiger partial charge on any atom is 0.348 e. The minimum absolute atomic E-state index is 0.148. The van der Waals surface area contributed by atoms with E-state index in [9.17, 15) is 9.59 Å². The Labute approximate surface area is 166 Å². The molecule has 7 heteroatoms. The predicted molar refractivity (Wildman–Crippen MR) is 109 cm³/mol. The lowest BCUT2D eigenvalue weighted by atomic mass is 9.56. The first-order valence-electron chi connectivity index (χ1n) is 9.71. The summed E-state index contributed by atoms with van der Waals surface area (Å²) in [6, 6.07) is 0. The molecule has 0 saturated heterocycles. The average Bonchev–Trinajstić information content (AvgIpc) is 2.95. The first-order valence-corrected chi connectivity index (χ1v) is 11.5. The number of nitrogens with zero attached hydrogens (tertiary/aromatic N) is 1. The Kier molecular flexibility index (Phi) is 4.17. The molecule has 0 amide bonds. The van der Waals surface area contributed by atoms with Crippen LogP contribution in [0, 0.1) is 24.7 Å². The number of esters is 1. The summed E-state index contributed by atoms with van der Waals surface area (Å²) in [6.07, 6.45) is 8.31. The van der Waals surface area contributed by atoms with Gasteiger partial charge in [-0.3, -0.25) is 4.79 Å². The molecule has 4 fully saturated rings. The minimum Gasteiger partial charge on any atom is -0.465 e. The van der Waals surface area contributed by atoms with Crippen molar-refractivity contribution in [3.8, 4) is 0 Å². The molecule has 0 aliphatic heterocycles. The van der Waals surface area contributed by atoms with Gasteiger partial charge in [-0.05, 0) is 68.8 Å². The van der Waals surface area contributed by atoms with Gasteiger partial charge in [-0.1, -0.05) is 0 Å². The fourth-order valence-corrected chi connectivity index (χ4v) is 8.73. The monoisotopic (exact) mass is 404 g/mol. The van der Waals surface area contributed by atoms with Gasteiger partial charge in [0, 0.05) is 4.75 Å². The van der Waals surface area contributed by atoms with Crippen molar-refractivity contribution >= 4 is 39.3 Å². The van der Waals surface area contributed by atoms with Gasteiger partial charge in [-0.25, -0.2) is 9.78 Å². The lowest BCUT2D eigenvalue weighted by Crippen LogP contribution is -2.48. The van der Waals surface area contributed by atoms with Gasteiger partial charge in [0.25, 0.3) is 5.56 Å². The highest BCUT2D eigenvalue weighted by atomic mass is 32.2. The largest absolute Gasteiger partial charge is 0.465 e. The van der Waals surface area contributed by atoms with Crippen LogP contribution in [0.25, 0.3) is 10.2 Å². The van der Waals surface area contributed by atoms with Crippen LogP contribution >= 0.6 is 23.1 Å². The van der Waals surface area contributed by atoms with Crippen molar-refractivity contribution in [3.63, 3.8) is 0 Å². The van der Waals surface area contributed by atoms with Gasteiger partial charge in [0.05, 0.1) is 18.2 Å². The molecule has 5 nitrogen and oxygen atoms in total. The number of methoxy groups -OCH3 is 1. The topological polar surface area (TPSA) is 72.0 Å². The van der Waals surface area contributed by atoms with Crippen molar-refractivity contribution in [1.82, 2.24) is 9.97 Å². The number of thiophene rings is 1. The molecule has 2 aromatic rings. The standard InChI is InChI=1S/C20H24N2O3S2/c1-10-15-17(23)21-14(22-18(15)27-16(10)19(24)25-2)9-26-20-6-11-3-12(7-20)5-13(4-11)8-20/h11-13H,3-9H2,1-2H3,(H,21,22,23). The fraction of sp³-hybridized carbons (Fsp3) is 0.650. The molecule has 0 unspecified atom stereocenters. The summed E-state index contributed by atoms with van der Waals surface area (Å²) in [6.45, 7) is 1.78. The van der Waals surface area contributed by atoms with Gasteiger partial charge in [0.1, 0.15) is 15.5 Å². The summed E-state index contributed by atoms with van der Waals surface area (Å²) in [5.41, 5.74) is 0.515. The third kappa shape index (κ3) is 2.94. The van der Waals surface area contributed by atoms with E-state index in [-0.39, 0.29) is 5.56 Å². The molecule has 4 aliphatic carbocycles. The number of aromatic amines is 1. The molecule has 27 heavy (non-hydrogen) atoms. The maximum absolute atomic E-state index is 12.6. The summed E-state index contributed by atoms with van der Waals surface area (Å²) >= 11 is 3.26. The van der Waals surface area contributed by atoms with E-state index in [2.05, 4.69) is 9.97 Å². The van der Waals surface area contributed by atoms with Crippen molar-refractivity contribution in [2.75, 3.05) is 7.11 Å². The summed E-state index contributed by atoms with van der Waals surface area (Å²) in [5.74, 6) is 3.81. The third-order valence-electron chi connectivity index (χ3n) is 6.72. The number of hydrogen-bond acceptors (Lipinski definition) is 6. The van der Waals surface area contributed by atoms with Gasteiger partial charge in [-0.2, -0.15) is 0 Å². The molecule has 4 saturated carbocycles. The lowest BCUT2D eigenvalue weighted by molar-refractivity contribution is 0.0383. The molecule has 0 radical (unpaired) electrons. The van der Waals surface area contributed by atoms with Crippen molar-refractivity contribution in [3.05, 3.63) is 26.6 Å². The molecule has 1 N–H and O–H groups in total. The van der Waals surface area contributed by atoms with E-state index in [1.54, 1.807) is 6.92 Å². The average molecular weight is 405 g/mol. The van der Waals surface area contributed by atoms with Crippen LogP contribution in [0.2, 0.25) is 0 Å². The van der Waals surface area contributed by atoms with Crippen molar-refractivity contribution < 1.29 is 9.53 Å². The van der Waals surface area contributed by atoms with Crippen LogP contribution in [0.1, 0.15) is 59.6 Å². The van der Waals surface area contributed by atoms with E-state index in [0.29, 0.717) is 25.4 Å². The van der Waals surface area contributed by atoms with Crippen LogP contribution in [0.3, 0.4) is 0 Å². The van der Waals surface area contributed by atoms with Gasteiger partial charge in [0.15, 0.2) is 0 Å². The number of nitrogens with one attached hydrogen (secondary N) is 1. The highest BCUT2D eigenvalue weighted by Crippen LogP contribution is 2.60. The molecule has 0 aromatic carbocycles. The number of aryl methyl sites for hydroxylation is 1. The SMILES string of the molecule is COC(=O)c1sc2nc(CSC34CC5CC(CC(C5)C3)C4)[nH]c(=O)c2c1C. The van der Waals surface area contributed by atoms with E-state index in [1.165, 1.54) is 57.0 Å². The van der Waals surface area contributed by atoms with Crippen LogP contribution < -0.4 is 5.56 Å². The Balaban J connectivity index is 1.41. The van der Waals surface area contributed by atoms with E-state index >= 15 is 0 Å². The molecule has 4 bridgehead atoms. The van der Waals surface area contributed by atoms with Gasteiger partial charge < -0.3 is 9.72 Å². The van der Waals surface area contributed by atoms with Gasteiger partial charge >= 0.3 is 5.97 Å². The number of ether oxygens (including phenoxy) is 1. The first-order chi connectivity index (χ1) is 13.0. The highest BCUT2D eigenvalue weighted by Gasteiger charge is 2.51. The zero-order chi connectivity index (χ0) is 18.8. The second-order valence-corrected chi connectivity index (χ2v) is 11.1. The minimum atomic E-state index is -0.403. The van der Waals surface area contributed by atoms with Crippen molar-refractivity contribution in [2.24, 2.45) is 17.8 Å². The summed E-state index contributed by atoms with van der Waals surface area (Å²) in [7, 11) is 1.36. The summed E-state index contributed by atoms with van der Waals surface area (Å²) in [5, 5.41) is 0.518. The summed E-state index contributed by atoms with van der Waals surface area (Å²) in [4.78, 5) is 33.3. The lowest BCUT2D eigenvalue weighted by Gasteiger charge is -2.56. The molecule has 2 heterocycles. The second kappa shape index (κ2) is 6.34. The quantitative estimate of drug-likeness (QED) is 0.770. The molecule has 6 rings (SSSR count). The molecule has 4 aliphatic rings. The van der Waals surface area contributed by atoms with Crippen LogP contribution in [-0.4, -0.2) is 27.8 Å². The van der Waals surface area contributed by atoms with Gasteiger partial charge in [-0.15, -0.1) is 23.1 Å². The number of carbonyl (C=O) groups is 1. The van der Waals surface area contributed by atoms with Crippen LogP contribution in [0.15, 0.2) is 4.79 Å². The van der Waals surface area contributed by atoms with Crippen molar-refractivity contribution in [2.45, 2.75) is 55.9 Å². The molecule has 0 atom stereocenters. The van der Waals surface area contributed by atoms with Crippen LogP contribution in [0.4, 0.5) is 0 Å². The Morgan fingerprint density at radius 1 is 1.26 bits per heavy atom. The number of fused-ring (bicyclic) bond motifs is 1. The van der Waals surface area contributed by atoms with Crippen LogP contribution in [0.5, 0.6) is 0 Å². The molecular weight excluding hydrogens is 380 g/mol. The number of aromatic nitrogens is 2. The number of thioether (sulfide) groups is 1. The molecule has 0 spiro atoms. The zero-order valence-electron chi connectivity index (χ0n) is 15.7. The fourth-order valence-electron chi connectivity index (χ4n) is 5.97. The van der Waals surface area contributed by atoms with Gasteiger partial charge in [0.2, 0.25) is 0 Å². The normalized spacial score (nSPS) is 31.6. The Morgan fingerprint density at radius 2 is 1.89 bits per heavy atom. The Hall–Kier alpha value is -1.34. The predicted octanol–water partition coefficient (Wildman–Crippen LogP) is 4.28. The second-order valence-electron chi connectivity index (χ2n) is 8.63. The van der Waals surface area contributed by atoms with E-state index < -0.39 is 5.97 Å². The highest BCUT2D eigenvalue weighted by molar-refractivity contribution is 7.99. The molecule has 144 valence electrons. The number of carbonyl (C=O) groups excluding carboxylic acids is 1. The Bertz CT molecular complexity index is 942. The van der Waals surface area contributed by atoms with Crippen LogP contribution in [-0.2, 0) is 10.5 Å². The zero-order valence-corrected chi connectivity index (χ0v) is 17.3. The maximum atomic E-state index is 12.6. The Morgan fingerprint density at radius 3 is 2.48 bits per heavy atom. The van der Waals surface area contributed by atoms with E-state index in [4.69, 9.17) is 4.74 Å². The summed E-state index contributed by atoms with van der Waals surface area (Å²) < 4.78 is 5.22. The first kappa shape index (κ1) is 17.7. The molecular formula is C20H24N2O3S2. The number of hydrogen-bond donors (Lipinski definition) is 1. The third-order valence-corrected chi connectivity index (χ3v) is 9.41.